The molecular weight excluding hydrogens is 414 g/mol. The van der Waals surface area contributed by atoms with Gasteiger partial charge < -0.3 is 10.2 Å². The van der Waals surface area contributed by atoms with E-state index >= 15 is 0 Å². The number of hydrogen-bond acceptors (Lipinski definition) is 4. The maximum absolute atomic E-state index is 12.9. The van der Waals surface area contributed by atoms with Crippen molar-refractivity contribution in [3.05, 3.63) is 53.1 Å². The summed E-state index contributed by atoms with van der Waals surface area (Å²) in [5, 5.41) is 2.86. The van der Waals surface area contributed by atoms with Crippen LogP contribution in [0, 0.1) is 13.8 Å². The zero-order valence-electron chi connectivity index (χ0n) is 17.8. The Morgan fingerprint density at radius 3 is 2.35 bits per heavy atom. The molecule has 0 aliphatic carbocycles. The van der Waals surface area contributed by atoms with Crippen molar-refractivity contribution in [1.29, 1.82) is 0 Å². The average Bonchev–Trinajstić information content (AvgIpc) is 3.24. The molecule has 0 unspecified atom stereocenters. The van der Waals surface area contributed by atoms with E-state index < -0.39 is 10.0 Å². The number of carbonyl (C=O) groups is 2. The highest BCUT2D eigenvalue weighted by Gasteiger charge is 2.31. The van der Waals surface area contributed by atoms with Crippen molar-refractivity contribution in [3.63, 3.8) is 0 Å². The van der Waals surface area contributed by atoms with Crippen molar-refractivity contribution in [2.75, 3.05) is 29.9 Å². The Balaban J connectivity index is 1.55. The molecule has 1 fully saturated rings. The maximum atomic E-state index is 12.9. The monoisotopic (exact) mass is 441 g/mol. The second kappa shape index (κ2) is 8.43. The lowest BCUT2D eigenvalue weighted by Gasteiger charge is -2.29. The summed E-state index contributed by atoms with van der Waals surface area (Å²) in [5.74, 6) is -0.432. The van der Waals surface area contributed by atoms with Crippen molar-refractivity contribution in [2.45, 2.75) is 44.4 Å². The van der Waals surface area contributed by atoms with Crippen LogP contribution in [-0.4, -0.2) is 44.2 Å². The summed E-state index contributed by atoms with van der Waals surface area (Å²) in [6.07, 6.45) is 2.47. The molecule has 0 radical (unpaired) electrons. The summed E-state index contributed by atoms with van der Waals surface area (Å²) < 4.78 is 27.3. The Kier molecular flexibility index (Phi) is 5.85. The lowest BCUT2D eigenvalue weighted by atomic mass is 10.0. The van der Waals surface area contributed by atoms with Gasteiger partial charge in [-0.2, -0.15) is 4.31 Å². The number of sulfonamides is 1. The Morgan fingerprint density at radius 1 is 1.00 bits per heavy atom. The van der Waals surface area contributed by atoms with Crippen LogP contribution in [0.25, 0.3) is 0 Å². The average molecular weight is 442 g/mol. The fourth-order valence-corrected chi connectivity index (χ4v) is 5.91. The summed E-state index contributed by atoms with van der Waals surface area (Å²) in [6.45, 7) is 4.89. The minimum Gasteiger partial charge on any atom is -0.325 e. The zero-order chi connectivity index (χ0) is 22.2. The van der Waals surface area contributed by atoms with Crippen LogP contribution in [0.1, 0.15) is 36.0 Å². The van der Waals surface area contributed by atoms with Crippen LogP contribution < -0.4 is 10.2 Å². The number of rotatable bonds is 5. The van der Waals surface area contributed by atoms with Gasteiger partial charge in [-0.3, -0.25) is 9.59 Å². The third kappa shape index (κ3) is 4.50. The highest BCUT2D eigenvalue weighted by atomic mass is 32.2. The van der Waals surface area contributed by atoms with Gasteiger partial charge in [0, 0.05) is 30.9 Å². The van der Waals surface area contributed by atoms with Gasteiger partial charge in [-0.15, -0.1) is 0 Å². The first-order valence-corrected chi connectivity index (χ1v) is 12.0. The minimum absolute atomic E-state index is 0.114. The number of benzene rings is 2. The molecule has 0 spiro atoms. The van der Waals surface area contributed by atoms with Gasteiger partial charge in [0.25, 0.3) is 0 Å². The van der Waals surface area contributed by atoms with E-state index in [1.54, 1.807) is 18.2 Å². The molecule has 2 aliphatic heterocycles. The summed E-state index contributed by atoms with van der Waals surface area (Å²) >= 11 is 0. The molecule has 2 amide bonds. The van der Waals surface area contributed by atoms with Crippen LogP contribution in [0.4, 0.5) is 11.4 Å². The fourth-order valence-electron chi connectivity index (χ4n) is 4.34. The van der Waals surface area contributed by atoms with E-state index in [1.807, 2.05) is 32.0 Å². The van der Waals surface area contributed by atoms with E-state index in [4.69, 9.17) is 0 Å². The minimum atomic E-state index is -3.52. The fraction of sp³-hybridized carbons (Fsp3) is 0.391. The number of hydrogen-bond donors (Lipinski definition) is 1. The number of anilines is 2. The van der Waals surface area contributed by atoms with Crippen LogP contribution in [0.2, 0.25) is 0 Å². The third-order valence-electron chi connectivity index (χ3n) is 5.76. The normalized spacial score (nSPS) is 17.0. The van der Waals surface area contributed by atoms with Gasteiger partial charge in [0.2, 0.25) is 21.8 Å². The van der Waals surface area contributed by atoms with Gasteiger partial charge in [-0.05, 0) is 80.1 Å². The molecule has 1 saturated heterocycles. The van der Waals surface area contributed by atoms with Crippen molar-refractivity contribution < 1.29 is 18.0 Å². The number of amides is 2. The van der Waals surface area contributed by atoms with Crippen LogP contribution in [0.3, 0.4) is 0 Å². The molecule has 164 valence electrons. The van der Waals surface area contributed by atoms with E-state index in [9.17, 15) is 18.0 Å². The number of carbonyl (C=O) groups excluding carboxylic acids is 2. The van der Waals surface area contributed by atoms with Crippen LogP contribution in [0.15, 0.2) is 41.3 Å². The Morgan fingerprint density at radius 2 is 1.68 bits per heavy atom. The molecule has 7 nitrogen and oxygen atoms in total. The summed E-state index contributed by atoms with van der Waals surface area (Å²) in [7, 11) is -3.52. The summed E-state index contributed by atoms with van der Waals surface area (Å²) in [5.41, 5.74) is 4.16. The lowest BCUT2D eigenvalue weighted by molar-refractivity contribution is -0.121. The van der Waals surface area contributed by atoms with Crippen LogP contribution in [0.5, 0.6) is 0 Å². The molecule has 2 aromatic carbocycles. The molecule has 31 heavy (non-hydrogen) atoms. The van der Waals surface area contributed by atoms with Crippen LogP contribution in [-0.2, 0) is 26.0 Å². The topological polar surface area (TPSA) is 86.8 Å². The highest BCUT2D eigenvalue weighted by molar-refractivity contribution is 7.89. The predicted molar refractivity (Wildman–Crippen MR) is 120 cm³/mol. The van der Waals surface area contributed by atoms with E-state index in [0.29, 0.717) is 30.9 Å². The molecule has 2 heterocycles. The molecule has 2 aliphatic rings. The van der Waals surface area contributed by atoms with Crippen LogP contribution >= 0.6 is 0 Å². The number of fused-ring (bicyclic) bond motifs is 1. The second-order valence-electron chi connectivity index (χ2n) is 8.31. The first kappa shape index (κ1) is 21.5. The van der Waals surface area contributed by atoms with Crippen molar-refractivity contribution >= 4 is 33.2 Å². The Bertz CT molecular complexity index is 1120. The largest absolute Gasteiger partial charge is 0.325 e. The van der Waals surface area contributed by atoms with Gasteiger partial charge in [0.1, 0.15) is 6.54 Å². The molecular formula is C23H27N3O4S. The Labute approximate surface area is 183 Å². The molecule has 2 aromatic rings. The molecule has 1 N–H and O–H groups in total. The zero-order valence-corrected chi connectivity index (χ0v) is 18.7. The first-order valence-electron chi connectivity index (χ1n) is 10.6. The molecule has 0 aromatic heterocycles. The molecule has 0 bridgehead atoms. The SMILES string of the molecule is Cc1cc(C)cc(NC(=O)CN2C(=O)CCc3cc(S(=O)(=O)N4CCCC4)ccc32)c1. The van der Waals surface area contributed by atoms with Crippen molar-refractivity contribution in [2.24, 2.45) is 0 Å². The van der Waals surface area contributed by atoms with Gasteiger partial charge in [0.15, 0.2) is 0 Å². The smallest absolute Gasteiger partial charge is 0.244 e. The summed E-state index contributed by atoms with van der Waals surface area (Å²) in [6, 6.07) is 10.6. The first-order chi connectivity index (χ1) is 14.7. The van der Waals surface area contributed by atoms with Crippen molar-refractivity contribution in [3.8, 4) is 0 Å². The van der Waals surface area contributed by atoms with Gasteiger partial charge in [-0.25, -0.2) is 8.42 Å². The second-order valence-corrected chi connectivity index (χ2v) is 10.2. The predicted octanol–water partition coefficient (Wildman–Crippen LogP) is 3.01. The highest BCUT2D eigenvalue weighted by Crippen LogP contribution is 2.31. The molecule has 0 atom stereocenters. The quantitative estimate of drug-likeness (QED) is 0.773. The van der Waals surface area contributed by atoms with Crippen molar-refractivity contribution in [1.82, 2.24) is 4.31 Å². The van der Waals surface area contributed by atoms with E-state index in [-0.39, 0.29) is 29.7 Å². The lowest BCUT2D eigenvalue weighted by Crippen LogP contribution is -2.41. The number of nitrogens with zero attached hydrogens (tertiary/aromatic N) is 2. The van der Waals surface area contributed by atoms with E-state index in [2.05, 4.69) is 5.32 Å². The maximum Gasteiger partial charge on any atom is 0.244 e. The Hall–Kier alpha value is -2.71. The van der Waals surface area contributed by atoms with Gasteiger partial charge in [0.05, 0.1) is 4.90 Å². The summed E-state index contributed by atoms with van der Waals surface area (Å²) in [4.78, 5) is 26.9. The molecule has 4 rings (SSSR count). The van der Waals surface area contributed by atoms with Gasteiger partial charge >= 0.3 is 0 Å². The standard InChI is InChI=1S/C23H27N3O4S/c1-16-11-17(2)13-19(12-16)24-22(27)15-26-21-7-6-20(14-18(21)5-8-23(26)28)31(29,30)25-9-3-4-10-25/h6-7,11-14H,3-5,8-10,15H2,1-2H3,(H,24,27). The van der Waals surface area contributed by atoms with E-state index in [1.165, 1.54) is 9.21 Å². The number of aryl methyl sites for hydroxylation is 3. The van der Waals surface area contributed by atoms with E-state index in [0.717, 1.165) is 29.5 Å². The molecule has 0 saturated carbocycles. The number of nitrogens with one attached hydrogen (secondary N) is 1. The van der Waals surface area contributed by atoms with Gasteiger partial charge in [-0.1, -0.05) is 6.07 Å². The molecule has 8 heteroatoms. The third-order valence-corrected chi connectivity index (χ3v) is 7.66.